The van der Waals surface area contributed by atoms with Crippen molar-refractivity contribution in [3.8, 4) is 11.4 Å². The maximum atomic E-state index is 6.31. The highest BCUT2D eigenvalue weighted by molar-refractivity contribution is 6.11. The number of benzene rings is 3. The summed E-state index contributed by atoms with van der Waals surface area (Å²) in [6, 6.07) is 21.1. The summed E-state index contributed by atoms with van der Waals surface area (Å²) in [5.41, 5.74) is 5.66. The molecule has 4 heteroatoms. The molecule has 0 unspecified atom stereocenters. The molecule has 0 amide bonds. The lowest BCUT2D eigenvalue weighted by Crippen LogP contribution is -2.22. The fourth-order valence-corrected chi connectivity index (χ4v) is 4.73. The van der Waals surface area contributed by atoms with Crippen LogP contribution in [0.2, 0.25) is 0 Å². The van der Waals surface area contributed by atoms with E-state index in [4.69, 9.17) is 9.40 Å². The molecule has 152 valence electrons. The largest absolute Gasteiger partial charge is 0.437 e. The number of nitrogens with zero attached hydrogens (tertiary/aromatic N) is 3. The molecule has 31 heavy (non-hydrogen) atoms. The number of furan rings is 1. The molecule has 0 aliphatic heterocycles. The van der Waals surface area contributed by atoms with E-state index in [2.05, 4.69) is 91.8 Å². The maximum absolute atomic E-state index is 6.31. The first kappa shape index (κ1) is 18.1. The van der Waals surface area contributed by atoms with Crippen LogP contribution in [0, 0.1) is 6.92 Å². The van der Waals surface area contributed by atoms with Crippen molar-refractivity contribution < 1.29 is 4.42 Å². The predicted molar refractivity (Wildman–Crippen MR) is 127 cm³/mol. The first-order valence-corrected chi connectivity index (χ1v) is 10.6. The van der Waals surface area contributed by atoms with E-state index in [1.165, 1.54) is 16.3 Å². The van der Waals surface area contributed by atoms with Crippen LogP contribution >= 0.6 is 0 Å². The molecule has 3 heterocycles. The van der Waals surface area contributed by atoms with Gasteiger partial charge in [0.2, 0.25) is 5.71 Å². The van der Waals surface area contributed by atoms with Crippen LogP contribution in [0.25, 0.3) is 55.3 Å². The zero-order chi connectivity index (χ0) is 21.3. The molecule has 6 rings (SSSR count). The van der Waals surface area contributed by atoms with Gasteiger partial charge in [0.15, 0.2) is 0 Å². The van der Waals surface area contributed by atoms with Crippen molar-refractivity contribution in [3.05, 3.63) is 72.4 Å². The number of pyridine rings is 1. The number of aryl methyl sites for hydroxylation is 1. The van der Waals surface area contributed by atoms with Crippen molar-refractivity contribution in [2.45, 2.75) is 33.2 Å². The molecule has 0 saturated carbocycles. The van der Waals surface area contributed by atoms with Gasteiger partial charge in [-0.25, -0.2) is 9.97 Å². The van der Waals surface area contributed by atoms with Gasteiger partial charge in [0, 0.05) is 27.9 Å². The lowest BCUT2D eigenvalue weighted by molar-refractivity contribution is 0.413. The van der Waals surface area contributed by atoms with Gasteiger partial charge < -0.3 is 8.98 Å². The Balaban J connectivity index is 1.80. The monoisotopic (exact) mass is 405 g/mol. The Labute approximate surface area is 180 Å². The van der Waals surface area contributed by atoms with Crippen LogP contribution in [0.15, 0.2) is 71.3 Å². The first-order chi connectivity index (χ1) is 14.9. The Morgan fingerprint density at radius 2 is 1.68 bits per heavy atom. The second-order valence-corrected chi connectivity index (χ2v) is 9.19. The Bertz CT molecular complexity index is 1630. The number of hydrogen-bond acceptors (Lipinski definition) is 3. The van der Waals surface area contributed by atoms with Gasteiger partial charge in [-0.3, -0.25) is 0 Å². The van der Waals surface area contributed by atoms with Crippen LogP contribution in [0.4, 0.5) is 0 Å². The van der Waals surface area contributed by atoms with Gasteiger partial charge in [-0.05, 0) is 62.9 Å². The minimum absolute atomic E-state index is 0.171. The third-order valence-corrected chi connectivity index (χ3v) is 6.06. The van der Waals surface area contributed by atoms with Gasteiger partial charge in [0.05, 0.1) is 16.6 Å². The van der Waals surface area contributed by atoms with Crippen LogP contribution in [0.3, 0.4) is 0 Å². The molecule has 0 aliphatic rings. The average molecular weight is 406 g/mol. The minimum Gasteiger partial charge on any atom is -0.437 e. The summed E-state index contributed by atoms with van der Waals surface area (Å²) in [5.74, 6) is 0.919. The lowest BCUT2D eigenvalue weighted by Gasteiger charge is -2.25. The van der Waals surface area contributed by atoms with Crippen molar-refractivity contribution in [1.82, 2.24) is 14.5 Å². The Kier molecular flexibility index (Phi) is 3.61. The lowest BCUT2D eigenvalue weighted by atomic mass is 10.0. The average Bonchev–Trinajstić information content (AvgIpc) is 3.33. The molecule has 0 N–H and O–H groups in total. The molecule has 0 fully saturated rings. The van der Waals surface area contributed by atoms with E-state index < -0.39 is 0 Å². The first-order valence-electron chi connectivity index (χ1n) is 10.6. The van der Waals surface area contributed by atoms with Crippen LogP contribution < -0.4 is 0 Å². The number of hydrogen-bond donors (Lipinski definition) is 0. The molecule has 0 radical (unpaired) electrons. The van der Waals surface area contributed by atoms with Gasteiger partial charge in [-0.1, -0.05) is 36.4 Å². The fraction of sp³-hybridized carbons (Fsp3) is 0.185. The zero-order valence-electron chi connectivity index (χ0n) is 18.1. The van der Waals surface area contributed by atoms with Crippen molar-refractivity contribution in [3.63, 3.8) is 0 Å². The molecular weight excluding hydrogens is 382 g/mol. The van der Waals surface area contributed by atoms with E-state index in [9.17, 15) is 0 Å². The summed E-state index contributed by atoms with van der Waals surface area (Å²) in [6.07, 6.45) is 1.77. The summed E-state index contributed by atoms with van der Waals surface area (Å²) >= 11 is 0. The molecule has 4 nitrogen and oxygen atoms in total. The fourth-order valence-electron chi connectivity index (χ4n) is 4.73. The van der Waals surface area contributed by atoms with Crippen molar-refractivity contribution in [2.75, 3.05) is 0 Å². The van der Waals surface area contributed by atoms with Gasteiger partial charge in [0.1, 0.15) is 11.4 Å². The van der Waals surface area contributed by atoms with E-state index in [0.717, 1.165) is 38.8 Å². The predicted octanol–water partition coefficient (Wildman–Crippen LogP) is 7.21. The van der Waals surface area contributed by atoms with Gasteiger partial charge >= 0.3 is 0 Å². The SMILES string of the molecule is Cc1ccc(-c2nc3ccc4ccccc4c3n2C(C)(C)C)c2oc3ncccc3c12. The quantitative estimate of drug-likeness (QED) is 0.290. The maximum Gasteiger partial charge on any atom is 0.227 e. The molecule has 3 aromatic carbocycles. The molecule has 0 aliphatic carbocycles. The number of aromatic nitrogens is 3. The number of rotatable bonds is 1. The second-order valence-electron chi connectivity index (χ2n) is 9.19. The molecule has 0 saturated heterocycles. The van der Waals surface area contributed by atoms with Crippen LogP contribution in [0.1, 0.15) is 26.3 Å². The van der Waals surface area contributed by atoms with E-state index in [1.807, 2.05) is 6.07 Å². The molecule has 0 spiro atoms. The van der Waals surface area contributed by atoms with Gasteiger partial charge in [0.25, 0.3) is 0 Å². The third-order valence-electron chi connectivity index (χ3n) is 6.06. The number of imidazole rings is 1. The van der Waals surface area contributed by atoms with Crippen molar-refractivity contribution in [2.24, 2.45) is 0 Å². The van der Waals surface area contributed by atoms with Gasteiger partial charge in [-0.2, -0.15) is 0 Å². The normalized spacial score (nSPS) is 12.5. The standard InChI is InChI=1S/C27H23N3O/c1-16-11-13-20(24-22(16)19-10-7-15-28-26(19)31-24)25-29-21-14-12-17-8-5-6-9-18(17)23(21)30(25)27(2,3)4/h5-15H,1-4H3. The Morgan fingerprint density at radius 1 is 0.871 bits per heavy atom. The third kappa shape index (κ3) is 2.54. The highest BCUT2D eigenvalue weighted by atomic mass is 16.3. The summed E-state index contributed by atoms with van der Waals surface area (Å²) in [6.45, 7) is 8.80. The van der Waals surface area contributed by atoms with Crippen LogP contribution in [0.5, 0.6) is 0 Å². The van der Waals surface area contributed by atoms with E-state index in [1.54, 1.807) is 6.20 Å². The minimum atomic E-state index is -0.171. The molecule has 3 aromatic heterocycles. The van der Waals surface area contributed by atoms with E-state index >= 15 is 0 Å². The molecule has 0 bridgehead atoms. The Morgan fingerprint density at radius 3 is 2.52 bits per heavy atom. The highest BCUT2D eigenvalue weighted by Crippen LogP contribution is 2.40. The Hall–Kier alpha value is -3.66. The summed E-state index contributed by atoms with van der Waals surface area (Å²) < 4.78 is 8.66. The van der Waals surface area contributed by atoms with Crippen LogP contribution in [-0.4, -0.2) is 14.5 Å². The smallest absolute Gasteiger partial charge is 0.227 e. The highest BCUT2D eigenvalue weighted by Gasteiger charge is 2.26. The van der Waals surface area contributed by atoms with E-state index in [0.29, 0.717) is 5.71 Å². The zero-order valence-corrected chi connectivity index (χ0v) is 18.1. The molecule has 0 atom stereocenters. The van der Waals surface area contributed by atoms with Crippen molar-refractivity contribution in [1.29, 1.82) is 0 Å². The van der Waals surface area contributed by atoms with Gasteiger partial charge in [-0.15, -0.1) is 0 Å². The van der Waals surface area contributed by atoms with Crippen molar-refractivity contribution >= 4 is 43.9 Å². The second kappa shape index (κ2) is 6.17. The number of fused-ring (bicyclic) bond motifs is 6. The van der Waals surface area contributed by atoms with Crippen LogP contribution in [-0.2, 0) is 5.54 Å². The summed E-state index contributed by atoms with van der Waals surface area (Å²) in [7, 11) is 0. The summed E-state index contributed by atoms with van der Waals surface area (Å²) in [4.78, 5) is 9.59. The molecular formula is C27H23N3O. The molecule has 6 aromatic rings. The van der Waals surface area contributed by atoms with E-state index in [-0.39, 0.29) is 5.54 Å². The topological polar surface area (TPSA) is 43.9 Å². The summed E-state index contributed by atoms with van der Waals surface area (Å²) in [5, 5.41) is 4.58.